The van der Waals surface area contributed by atoms with Gasteiger partial charge in [0.1, 0.15) is 6.61 Å². The van der Waals surface area contributed by atoms with Crippen molar-refractivity contribution in [3.63, 3.8) is 0 Å². The van der Waals surface area contributed by atoms with Crippen LogP contribution in [-0.2, 0) is 0 Å². The fraction of sp³-hybridized carbons (Fsp3) is 0.700. The lowest BCUT2D eigenvalue weighted by Gasteiger charge is -2.14. The average molecular weight is 259 g/mol. The fourth-order valence-corrected chi connectivity index (χ4v) is 1.89. The Morgan fingerprint density at radius 1 is 1.18 bits per heavy atom. The fourth-order valence-electron chi connectivity index (χ4n) is 1.74. The number of halogens is 1. The number of rotatable bonds is 5. The van der Waals surface area contributed by atoms with Gasteiger partial charge in [0.15, 0.2) is 0 Å². The van der Waals surface area contributed by atoms with Crippen molar-refractivity contribution in [2.75, 3.05) is 33.4 Å². The van der Waals surface area contributed by atoms with Gasteiger partial charge in [-0.1, -0.05) is 0 Å². The summed E-state index contributed by atoms with van der Waals surface area (Å²) < 4.78 is 10.3. The van der Waals surface area contributed by atoms with Gasteiger partial charge < -0.3 is 9.47 Å². The topological polar surface area (TPSA) is 60.4 Å². The number of aromatic nitrogens is 3. The van der Waals surface area contributed by atoms with Crippen molar-refractivity contribution in [2.24, 2.45) is 0 Å². The summed E-state index contributed by atoms with van der Waals surface area (Å²) in [5.41, 5.74) is 0. The van der Waals surface area contributed by atoms with E-state index in [0.717, 1.165) is 19.6 Å². The van der Waals surface area contributed by atoms with E-state index < -0.39 is 0 Å². The zero-order valence-electron chi connectivity index (χ0n) is 9.73. The molecule has 0 saturated carbocycles. The first-order valence-corrected chi connectivity index (χ1v) is 5.96. The smallest absolute Gasteiger partial charge is 0.323 e. The Labute approximate surface area is 105 Å². The summed E-state index contributed by atoms with van der Waals surface area (Å²) in [4.78, 5) is 13.9. The van der Waals surface area contributed by atoms with Crippen LogP contribution < -0.4 is 9.47 Å². The maximum Gasteiger partial charge on any atom is 0.323 e. The summed E-state index contributed by atoms with van der Waals surface area (Å²) in [6, 6.07) is 0.377. The molecule has 0 aromatic carbocycles. The van der Waals surface area contributed by atoms with Crippen LogP contribution >= 0.6 is 11.6 Å². The molecular formula is C10H15ClN4O2. The second kappa shape index (κ2) is 5.97. The Balaban J connectivity index is 1.83. The molecule has 1 aliphatic heterocycles. The van der Waals surface area contributed by atoms with Gasteiger partial charge in [0, 0.05) is 6.54 Å². The zero-order valence-corrected chi connectivity index (χ0v) is 10.5. The second-order valence-corrected chi connectivity index (χ2v) is 4.11. The van der Waals surface area contributed by atoms with Crippen LogP contribution in [0.25, 0.3) is 0 Å². The van der Waals surface area contributed by atoms with Crippen molar-refractivity contribution < 1.29 is 9.47 Å². The quantitative estimate of drug-likeness (QED) is 0.786. The molecule has 0 amide bonds. The van der Waals surface area contributed by atoms with E-state index in [-0.39, 0.29) is 17.3 Å². The van der Waals surface area contributed by atoms with E-state index in [4.69, 9.17) is 21.1 Å². The number of methoxy groups -OCH3 is 1. The third-order valence-corrected chi connectivity index (χ3v) is 2.76. The maximum absolute atomic E-state index is 5.70. The highest BCUT2D eigenvalue weighted by Gasteiger charge is 2.12. The van der Waals surface area contributed by atoms with Crippen LogP contribution in [0.3, 0.4) is 0 Å². The lowest BCUT2D eigenvalue weighted by Crippen LogP contribution is -2.25. The molecule has 0 aliphatic carbocycles. The number of nitrogens with zero attached hydrogens (tertiary/aromatic N) is 4. The van der Waals surface area contributed by atoms with Gasteiger partial charge in [0.2, 0.25) is 5.28 Å². The predicted molar refractivity (Wildman–Crippen MR) is 62.6 cm³/mol. The van der Waals surface area contributed by atoms with Crippen molar-refractivity contribution in [1.29, 1.82) is 0 Å². The molecule has 1 aromatic rings. The van der Waals surface area contributed by atoms with Gasteiger partial charge in [-0.2, -0.15) is 9.97 Å². The molecule has 0 unspecified atom stereocenters. The minimum atomic E-state index is 0.0769. The van der Waals surface area contributed by atoms with Gasteiger partial charge in [0.25, 0.3) is 0 Å². The molecule has 0 radical (unpaired) electrons. The van der Waals surface area contributed by atoms with Gasteiger partial charge in [-0.05, 0) is 37.5 Å². The SMILES string of the molecule is COc1nc(Cl)nc(OCCN2CCCC2)n1. The lowest BCUT2D eigenvalue weighted by molar-refractivity contribution is 0.222. The van der Waals surface area contributed by atoms with Crippen LogP contribution in [0, 0.1) is 0 Å². The molecule has 1 aliphatic rings. The van der Waals surface area contributed by atoms with E-state index in [1.54, 1.807) is 0 Å². The second-order valence-electron chi connectivity index (χ2n) is 3.77. The predicted octanol–water partition coefficient (Wildman–Crippen LogP) is 1.01. The first-order valence-electron chi connectivity index (χ1n) is 5.58. The Morgan fingerprint density at radius 3 is 2.59 bits per heavy atom. The molecule has 1 fully saturated rings. The molecule has 7 heteroatoms. The Bertz CT molecular complexity index is 371. The highest BCUT2D eigenvalue weighted by Crippen LogP contribution is 2.13. The van der Waals surface area contributed by atoms with Gasteiger partial charge in [-0.25, -0.2) is 0 Å². The van der Waals surface area contributed by atoms with Crippen LogP contribution in [-0.4, -0.2) is 53.2 Å². The standard InChI is InChI=1S/C10H15ClN4O2/c1-16-9-12-8(11)13-10(14-9)17-7-6-15-4-2-3-5-15/h2-7H2,1H3. The van der Waals surface area contributed by atoms with Crippen molar-refractivity contribution in [3.8, 4) is 12.0 Å². The van der Waals surface area contributed by atoms with E-state index >= 15 is 0 Å². The van der Waals surface area contributed by atoms with E-state index in [2.05, 4.69) is 19.9 Å². The van der Waals surface area contributed by atoms with Crippen molar-refractivity contribution in [3.05, 3.63) is 5.28 Å². The monoisotopic (exact) mass is 258 g/mol. The maximum atomic E-state index is 5.70. The van der Waals surface area contributed by atoms with E-state index in [0.29, 0.717) is 6.61 Å². The largest absolute Gasteiger partial charge is 0.467 e. The van der Waals surface area contributed by atoms with Gasteiger partial charge >= 0.3 is 12.0 Å². The zero-order chi connectivity index (χ0) is 12.1. The van der Waals surface area contributed by atoms with E-state index in [1.165, 1.54) is 20.0 Å². The summed E-state index contributed by atoms with van der Waals surface area (Å²) in [6.45, 7) is 3.71. The molecule has 1 aromatic heterocycles. The van der Waals surface area contributed by atoms with E-state index in [1.807, 2.05) is 0 Å². The molecule has 0 bridgehead atoms. The Hall–Kier alpha value is -1.14. The molecule has 2 rings (SSSR count). The summed E-state index contributed by atoms with van der Waals surface area (Å²) >= 11 is 5.70. The first-order chi connectivity index (χ1) is 8.28. The lowest BCUT2D eigenvalue weighted by atomic mass is 10.4. The van der Waals surface area contributed by atoms with Crippen LogP contribution in [0.4, 0.5) is 0 Å². The van der Waals surface area contributed by atoms with Crippen molar-refractivity contribution in [2.45, 2.75) is 12.8 Å². The summed E-state index contributed by atoms with van der Waals surface area (Å²) in [5.74, 6) is 0. The molecule has 17 heavy (non-hydrogen) atoms. The minimum absolute atomic E-state index is 0.0769. The van der Waals surface area contributed by atoms with Gasteiger partial charge in [0.05, 0.1) is 7.11 Å². The number of hydrogen-bond donors (Lipinski definition) is 0. The molecular weight excluding hydrogens is 244 g/mol. The molecule has 2 heterocycles. The third kappa shape index (κ3) is 3.67. The summed E-state index contributed by atoms with van der Waals surface area (Å²) in [7, 11) is 1.47. The van der Waals surface area contributed by atoms with Crippen LogP contribution in [0.5, 0.6) is 12.0 Å². The third-order valence-electron chi connectivity index (χ3n) is 2.59. The Morgan fingerprint density at radius 2 is 1.88 bits per heavy atom. The molecule has 1 saturated heterocycles. The number of likely N-dealkylation sites (tertiary alicyclic amines) is 1. The average Bonchev–Trinajstić information content (AvgIpc) is 2.81. The van der Waals surface area contributed by atoms with Crippen LogP contribution in [0.1, 0.15) is 12.8 Å². The molecule has 0 N–H and O–H groups in total. The highest BCUT2D eigenvalue weighted by molar-refractivity contribution is 6.28. The van der Waals surface area contributed by atoms with Crippen molar-refractivity contribution >= 4 is 11.6 Å². The van der Waals surface area contributed by atoms with E-state index in [9.17, 15) is 0 Å². The summed E-state index contributed by atoms with van der Waals surface area (Å²) in [6.07, 6.45) is 2.54. The minimum Gasteiger partial charge on any atom is -0.467 e. The van der Waals surface area contributed by atoms with Crippen molar-refractivity contribution in [1.82, 2.24) is 19.9 Å². The number of hydrogen-bond acceptors (Lipinski definition) is 6. The molecule has 6 nitrogen and oxygen atoms in total. The van der Waals surface area contributed by atoms with Gasteiger partial charge in [-0.15, -0.1) is 4.98 Å². The number of ether oxygens (including phenoxy) is 2. The Kier molecular flexibility index (Phi) is 4.33. The van der Waals surface area contributed by atoms with Crippen LogP contribution in [0.2, 0.25) is 5.28 Å². The van der Waals surface area contributed by atoms with Crippen LogP contribution in [0.15, 0.2) is 0 Å². The van der Waals surface area contributed by atoms with Gasteiger partial charge in [-0.3, -0.25) is 4.90 Å². The highest BCUT2D eigenvalue weighted by atomic mass is 35.5. The first kappa shape index (κ1) is 12.3. The normalized spacial score (nSPS) is 16.1. The molecule has 0 atom stereocenters. The summed E-state index contributed by atoms with van der Waals surface area (Å²) in [5, 5.41) is 0.0769. The molecule has 94 valence electrons. The molecule has 0 spiro atoms.